The van der Waals surface area contributed by atoms with Crippen LogP contribution in [-0.4, -0.2) is 42.0 Å². The Balaban J connectivity index is 1.38. The normalized spacial score (nSPS) is 23.4. The summed E-state index contributed by atoms with van der Waals surface area (Å²) in [7, 11) is 0. The van der Waals surface area contributed by atoms with Crippen LogP contribution in [0.2, 0.25) is 0 Å². The van der Waals surface area contributed by atoms with E-state index < -0.39 is 0 Å². The van der Waals surface area contributed by atoms with Crippen molar-refractivity contribution < 1.29 is 4.79 Å². The predicted octanol–water partition coefficient (Wildman–Crippen LogP) is 5.56. The molecule has 2 unspecified atom stereocenters. The number of anilines is 2. The molecule has 1 amide bonds. The minimum absolute atomic E-state index is 0.0233. The molecule has 1 aliphatic heterocycles. The van der Waals surface area contributed by atoms with Crippen molar-refractivity contribution in [3.05, 3.63) is 90.3 Å². The Labute approximate surface area is 202 Å². The van der Waals surface area contributed by atoms with Crippen molar-refractivity contribution in [3.8, 4) is 0 Å². The van der Waals surface area contributed by atoms with Crippen LogP contribution in [0, 0.1) is 5.92 Å². The molecule has 5 heteroatoms. The van der Waals surface area contributed by atoms with Gasteiger partial charge in [0, 0.05) is 55.5 Å². The van der Waals surface area contributed by atoms with Gasteiger partial charge in [0.15, 0.2) is 0 Å². The Morgan fingerprint density at radius 1 is 1.00 bits per heavy atom. The van der Waals surface area contributed by atoms with E-state index in [0.29, 0.717) is 11.5 Å². The zero-order chi connectivity index (χ0) is 23.4. The van der Waals surface area contributed by atoms with Gasteiger partial charge in [-0.2, -0.15) is 0 Å². The lowest BCUT2D eigenvalue weighted by Gasteiger charge is -2.52. The van der Waals surface area contributed by atoms with Gasteiger partial charge in [-0.1, -0.05) is 50.1 Å². The van der Waals surface area contributed by atoms with Crippen LogP contribution in [0.5, 0.6) is 0 Å². The summed E-state index contributed by atoms with van der Waals surface area (Å²) in [5, 5.41) is 3.09. The molecule has 1 N–H and O–H groups in total. The Bertz CT molecular complexity index is 1100. The van der Waals surface area contributed by atoms with Gasteiger partial charge in [-0.3, -0.25) is 14.7 Å². The maximum Gasteiger partial charge on any atom is 0.257 e. The number of carbonyl (C=O) groups excluding carboxylic acids is 1. The molecule has 176 valence electrons. The van der Waals surface area contributed by atoms with Crippen LogP contribution in [0.15, 0.2) is 79.1 Å². The molecule has 0 bridgehead atoms. The van der Waals surface area contributed by atoms with Gasteiger partial charge in [0.1, 0.15) is 0 Å². The van der Waals surface area contributed by atoms with Gasteiger partial charge >= 0.3 is 0 Å². The van der Waals surface area contributed by atoms with E-state index in [1.165, 1.54) is 36.9 Å². The molecule has 2 fully saturated rings. The second kappa shape index (κ2) is 9.98. The highest BCUT2D eigenvalue weighted by atomic mass is 16.1. The van der Waals surface area contributed by atoms with E-state index in [1.54, 1.807) is 24.5 Å². The first kappa shape index (κ1) is 22.6. The van der Waals surface area contributed by atoms with Crippen molar-refractivity contribution in [2.24, 2.45) is 5.92 Å². The molecule has 1 saturated heterocycles. The molecule has 2 aromatic carbocycles. The Morgan fingerprint density at radius 2 is 1.82 bits per heavy atom. The number of nitrogens with one attached hydrogen (secondary N) is 1. The number of carbonyl (C=O) groups is 1. The number of piperazine rings is 1. The Hall–Kier alpha value is -3.18. The first-order valence-electron chi connectivity index (χ1n) is 12.5. The number of hydrogen-bond donors (Lipinski definition) is 1. The topological polar surface area (TPSA) is 48.5 Å². The first-order valence-corrected chi connectivity index (χ1v) is 12.5. The monoisotopic (exact) mass is 454 g/mol. The number of para-hydroxylation sites is 1. The third-order valence-electron chi connectivity index (χ3n) is 7.56. The second-order valence-electron chi connectivity index (χ2n) is 9.82. The summed E-state index contributed by atoms with van der Waals surface area (Å²) in [5.74, 6) is 0.572. The first-order chi connectivity index (χ1) is 16.6. The lowest BCUT2D eigenvalue weighted by molar-refractivity contribution is 0.0243. The van der Waals surface area contributed by atoms with Crippen LogP contribution in [-0.2, 0) is 5.54 Å². The summed E-state index contributed by atoms with van der Waals surface area (Å²) in [4.78, 5) is 22.0. The quantitative estimate of drug-likeness (QED) is 0.548. The van der Waals surface area contributed by atoms with E-state index in [2.05, 4.69) is 75.6 Å². The largest absolute Gasteiger partial charge is 0.369 e. The van der Waals surface area contributed by atoms with Crippen LogP contribution in [0.1, 0.15) is 48.5 Å². The third kappa shape index (κ3) is 4.71. The number of pyridine rings is 1. The summed E-state index contributed by atoms with van der Waals surface area (Å²) < 4.78 is 0. The smallest absolute Gasteiger partial charge is 0.257 e. The highest BCUT2D eigenvalue weighted by Gasteiger charge is 2.42. The molecule has 5 rings (SSSR count). The molecule has 0 radical (unpaired) electrons. The molecule has 1 aliphatic carbocycles. The van der Waals surface area contributed by atoms with Crippen molar-refractivity contribution in [1.82, 2.24) is 9.88 Å². The fourth-order valence-electron chi connectivity index (χ4n) is 5.87. The van der Waals surface area contributed by atoms with E-state index in [-0.39, 0.29) is 11.4 Å². The molecule has 2 heterocycles. The highest BCUT2D eigenvalue weighted by Crippen LogP contribution is 2.45. The molecule has 2 aliphatic rings. The molecule has 3 aromatic rings. The minimum atomic E-state index is -0.118. The van der Waals surface area contributed by atoms with Crippen molar-refractivity contribution in [2.45, 2.75) is 38.1 Å². The molecule has 1 saturated carbocycles. The van der Waals surface area contributed by atoms with Gasteiger partial charge < -0.3 is 10.2 Å². The van der Waals surface area contributed by atoms with Crippen LogP contribution < -0.4 is 10.2 Å². The average molecular weight is 455 g/mol. The lowest BCUT2D eigenvalue weighted by atomic mass is 9.71. The van der Waals surface area contributed by atoms with Crippen molar-refractivity contribution in [1.29, 1.82) is 0 Å². The van der Waals surface area contributed by atoms with E-state index >= 15 is 0 Å². The summed E-state index contributed by atoms with van der Waals surface area (Å²) in [6.45, 7) is 6.57. The number of benzene rings is 2. The van der Waals surface area contributed by atoms with Gasteiger partial charge in [-0.25, -0.2) is 0 Å². The molecule has 34 heavy (non-hydrogen) atoms. The van der Waals surface area contributed by atoms with Crippen LogP contribution in [0.25, 0.3) is 0 Å². The van der Waals surface area contributed by atoms with Crippen LogP contribution in [0.3, 0.4) is 0 Å². The van der Waals surface area contributed by atoms with Gasteiger partial charge in [0.2, 0.25) is 0 Å². The number of rotatable bonds is 5. The van der Waals surface area contributed by atoms with Gasteiger partial charge in [0.05, 0.1) is 5.56 Å². The van der Waals surface area contributed by atoms with E-state index in [0.717, 1.165) is 31.9 Å². The molecule has 0 spiro atoms. The maximum atomic E-state index is 12.7. The summed E-state index contributed by atoms with van der Waals surface area (Å²) in [5.41, 5.74) is 4.09. The van der Waals surface area contributed by atoms with Crippen molar-refractivity contribution >= 4 is 17.3 Å². The molecule has 5 nitrogen and oxygen atoms in total. The number of amides is 1. The number of aromatic nitrogens is 1. The van der Waals surface area contributed by atoms with E-state index in [4.69, 9.17) is 0 Å². The number of nitrogens with zero attached hydrogens (tertiary/aromatic N) is 3. The van der Waals surface area contributed by atoms with Crippen molar-refractivity contribution in [3.63, 3.8) is 0 Å². The predicted molar refractivity (Wildman–Crippen MR) is 138 cm³/mol. The van der Waals surface area contributed by atoms with Gasteiger partial charge in [-0.15, -0.1) is 0 Å². The standard InChI is InChI=1S/C29H34N4O/c1-23-8-6-14-29(21-23,33-18-16-32(17-19-33)27-12-3-2-4-13-27)25-10-5-11-26(20-25)31-28(34)24-9-7-15-30-22-24/h2-5,7,9-13,15,20,22-23H,6,8,14,16-19,21H2,1H3,(H,31,34). The average Bonchev–Trinajstić information content (AvgIpc) is 2.90. The van der Waals surface area contributed by atoms with E-state index in [9.17, 15) is 4.79 Å². The van der Waals surface area contributed by atoms with Crippen molar-refractivity contribution in [2.75, 3.05) is 36.4 Å². The Morgan fingerprint density at radius 3 is 2.56 bits per heavy atom. The highest BCUT2D eigenvalue weighted by molar-refractivity contribution is 6.04. The summed E-state index contributed by atoms with van der Waals surface area (Å²) in [6, 6.07) is 22.9. The van der Waals surface area contributed by atoms with Gasteiger partial charge in [0.25, 0.3) is 5.91 Å². The third-order valence-corrected chi connectivity index (χ3v) is 7.56. The van der Waals surface area contributed by atoms with Crippen LogP contribution >= 0.6 is 0 Å². The molecular formula is C29H34N4O. The molecular weight excluding hydrogens is 420 g/mol. The zero-order valence-corrected chi connectivity index (χ0v) is 20.0. The fraction of sp³-hybridized carbons (Fsp3) is 0.379. The molecule has 1 aromatic heterocycles. The van der Waals surface area contributed by atoms with Crippen LogP contribution in [0.4, 0.5) is 11.4 Å². The lowest BCUT2D eigenvalue weighted by Crippen LogP contribution is -2.57. The second-order valence-corrected chi connectivity index (χ2v) is 9.82. The molecule has 2 atom stereocenters. The van der Waals surface area contributed by atoms with Gasteiger partial charge in [-0.05, 0) is 60.7 Å². The summed E-state index contributed by atoms with van der Waals surface area (Å²) in [6.07, 6.45) is 8.16. The van der Waals surface area contributed by atoms with E-state index in [1.807, 2.05) is 6.07 Å². The minimum Gasteiger partial charge on any atom is -0.369 e. The number of hydrogen-bond acceptors (Lipinski definition) is 4. The fourth-order valence-corrected chi connectivity index (χ4v) is 5.87. The Kier molecular flexibility index (Phi) is 6.63. The zero-order valence-electron chi connectivity index (χ0n) is 20.0. The maximum absolute atomic E-state index is 12.7. The summed E-state index contributed by atoms with van der Waals surface area (Å²) >= 11 is 0. The SMILES string of the molecule is CC1CCCC(c2cccc(NC(=O)c3cccnc3)c2)(N2CCN(c3ccccc3)CC2)C1.